The summed E-state index contributed by atoms with van der Waals surface area (Å²) >= 11 is 0. The Labute approximate surface area is 134 Å². The van der Waals surface area contributed by atoms with Crippen LogP contribution in [0.3, 0.4) is 0 Å². The average Bonchev–Trinajstić information content (AvgIpc) is 2.89. The third kappa shape index (κ3) is 3.35. The van der Waals surface area contributed by atoms with Gasteiger partial charge in [0.15, 0.2) is 0 Å². The van der Waals surface area contributed by atoms with Gasteiger partial charge in [0.2, 0.25) is 0 Å². The summed E-state index contributed by atoms with van der Waals surface area (Å²) in [5.74, 6) is 1.02. The maximum atomic E-state index is 6.12. The summed E-state index contributed by atoms with van der Waals surface area (Å²) in [4.78, 5) is 0. The lowest BCUT2D eigenvalue weighted by atomic mass is 10.1. The van der Waals surface area contributed by atoms with Gasteiger partial charge in [-0.1, -0.05) is 56.5 Å². The molecule has 22 heavy (non-hydrogen) atoms. The Morgan fingerprint density at radius 2 is 1.77 bits per heavy atom. The maximum absolute atomic E-state index is 6.12. The van der Waals surface area contributed by atoms with Gasteiger partial charge in [-0.25, -0.2) is 0 Å². The fraction of sp³-hybridized carbons (Fsp3) is 0.429. The van der Waals surface area contributed by atoms with Gasteiger partial charge < -0.3 is 4.74 Å². The second-order valence-corrected chi connectivity index (χ2v) is 6.43. The van der Waals surface area contributed by atoms with Gasteiger partial charge in [-0.05, 0) is 60.6 Å². The van der Waals surface area contributed by atoms with Gasteiger partial charge in [0.25, 0.3) is 0 Å². The summed E-state index contributed by atoms with van der Waals surface area (Å²) in [6.07, 6.45) is 7.71. The Bertz CT molecular complexity index is 630. The zero-order chi connectivity index (χ0) is 15.4. The van der Waals surface area contributed by atoms with Crippen molar-refractivity contribution >= 4 is 0 Å². The minimum Gasteiger partial charge on any atom is -0.491 e. The molecule has 0 aliphatic heterocycles. The van der Waals surface area contributed by atoms with E-state index in [9.17, 15) is 0 Å². The topological polar surface area (TPSA) is 9.23 Å². The Morgan fingerprint density at radius 1 is 0.955 bits per heavy atom. The summed E-state index contributed by atoms with van der Waals surface area (Å²) in [5.41, 5.74) is 5.59. The van der Waals surface area contributed by atoms with E-state index < -0.39 is 0 Å². The Morgan fingerprint density at radius 3 is 2.64 bits per heavy atom. The molecule has 1 heteroatoms. The van der Waals surface area contributed by atoms with Gasteiger partial charge in [-0.2, -0.15) is 0 Å². The molecule has 1 aliphatic rings. The van der Waals surface area contributed by atoms with Crippen molar-refractivity contribution in [3.8, 4) is 16.9 Å². The van der Waals surface area contributed by atoms with Crippen LogP contribution in [0.15, 0.2) is 42.5 Å². The molecule has 0 fully saturated rings. The predicted molar refractivity (Wildman–Crippen MR) is 93.5 cm³/mol. The SMILES string of the molecule is CCCCCCC(C)Oc1ccc2c(c1)Cc1ccccc1-2. The molecule has 0 aromatic heterocycles. The molecule has 0 amide bonds. The van der Waals surface area contributed by atoms with Gasteiger partial charge in [-0.15, -0.1) is 0 Å². The second kappa shape index (κ2) is 7.00. The molecule has 0 heterocycles. The van der Waals surface area contributed by atoms with Crippen molar-refractivity contribution in [3.05, 3.63) is 53.6 Å². The van der Waals surface area contributed by atoms with Crippen LogP contribution in [0, 0.1) is 0 Å². The molecular weight excluding hydrogens is 268 g/mol. The third-order valence-electron chi connectivity index (χ3n) is 4.57. The lowest BCUT2D eigenvalue weighted by molar-refractivity contribution is 0.206. The smallest absolute Gasteiger partial charge is 0.120 e. The summed E-state index contributed by atoms with van der Waals surface area (Å²) in [5, 5.41) is 0. The molecule has 0 N–H and O–H groups in total. The van der Waals surface area contributed by atoms with Crippen LogP contribution in [-0.2, 0) is 6.42 Å². The molecule has 0 spiro atoms. The fourth-order valence-corrected chi connectivity index (χ4v) is 3.34. The molecular formula is C21H26O. The van der Waals surface area contributed by atoms with Crippen molar-refractivity contribution in [1.82, 2.24) is 0 Å². The van der Waals surface area contributed by atoms with Crippen LogP contribution in [-0.4, -0.2) is 6.10 Å². The van der Waals surface area contributed by atoms with E-state index in [0.29, 0.717) is 6.10 Å². The summed E-state index contributed by atoms with van der Waals surface area (Å²) in [6, 6.07) is 15.3. The van der Waals surface area contributed by atoms with Crippen molar-refractivity contribution < 1.29 is 4.74 Å². The number of hydrogen-bond acceptors (Lipinski definition) is 1. The highest BCUT2D eigenvalue weighted by molar-refractivity contribution is 5.77. The first-order valence-corrected chi connectivity index (χ1v) is 8.66. The van der Waals surface area contributed by atoms with Crippen LogP contribution in [0.2, 0.25) is 0 Å². The third-order valence-corrected chi connectivity index (χ3v) is 4.57. The van der Waals surface area contributed by atoms with E-state index >= 15 is 0 Å². The molecule has 1 atom stereocenters. The molecule has 116 valence electrons. The van der Waals surface area contributed by atoms with Gasteiger partial charge in [0, 0.05) is 0 Å². The zero-order valence-electron chi connectivity index (χ0n) is 13.8. The number of ether oxygens (including phenoxy) is 1. The molecule has 2 aromatic carbocycles. The molecule has 3 rings (SSSR count). The predicted octanol–water partition coefficient (Wildman–Crippen LogP) is 6.00. The number of fused-ring (bicyclic) bond motifs is 3. The minimum absolute atomic E-state index is 0.304. The van der Waals surface area contributed by atoms with E-state index in [1.54, 1.807) is 0 Å². The normalized spacial score (nSPS) is 13.5. The van der Waals surface area contributed by atoms with Gasteiger partial charge >= 0.3 is 0 Å². The minimum atomic E-state index is 0.304. The molecule has 0 saturated heterocycles. The van der Waals surface area contributed by atoms with Crippen LogP contribution in [0.5, 0.6) is 5.75 Å². The molecule has 0 bridgehead atoms. The quantitative estimate of drug-likeness (QED) is 0.486. The number of hydrogen-bond donors (Lipinski definition) is 0. The summed E-state index contributed by atoms with van der Waals surface area (Å²) in [6.45, 7) is 4.44. The highest BCUT2D eigenvalue weighted by atomic mass is 16.5. The molecule has 1 nitrogen and oxygen atoms in total. The number of benzene rings is 2. The van der Waals surface area contributed by atoms with E-state index in [0.717, 1.165) is 18.6 Å². The van der Waals surface area contributed by atoms with Crippen molar-refractivity contribution in [2.45, 2.75) is 58.5 Å². The monoisotopic (exact) mass is 294 g/mol. The summed E-state index contributed by atoms with van der Waals surface area (Å²) in [7, 11) is 0. The molecule has 2 aromatic rings. The van der Waals surface area contributed by atoms with E-state index in [1.165, 1.54) is 47.9 Å². The average molecular weight is 294 g/mol. The fourth-order valence-electron chi connectivity index (χ4n) is 3.34. The Hall–Kier alpha value is -1.76. The highest BCUT2D eigenvalue weighted by Crippen LogP contribution is 2.38. The van der Waals surface area contributed by atoms with Crippen molar-refractivity contribution in [2.75, 3.05) is 0 Å². The van der Waals surface area contributed by atoms with E-state index in [4.69, 9.17) is 4.74 Å². The molecule has 0 saturated carbocycles. The summed E-state index contributed by atoms with van der Waals surface area (Å²) < 4.78 is 6.12. The Kier molecular flexibility index (Phi) is 4.82. The lowest BCUT2D eigenvalue weighted by Crippen LogP contribution is -2.11. The van der Waals surface area contributed by atoms with Crippen LogP contribution in [0.25, 0.3) is 11.1 Å². The lowest BCUT2D eigenvalue weighted by Gasteiger charge is -2.15. The molecule has 1 aliphatic carbocycles. The second-order valence-electron chi connectivity index (χ2n) is 6.43. The largest absolute Gasteiger partial charge is 0.491 e. The maximum Gasteiger partial charge on any atom is 0.120 e. The van der Waals surface area contributed by atoms with Crippen molar-refractivity contribution in [3.63, 3.8) is 0 Å². The van der Waals surface area contributed by atoms with Crippen LogP contribution in [0.1, 0.15) is 57.1 Å². The van der Waals surface area contributed by atoms with Crippen LogP contribution in [0.4, 0.5) is 0 Å². The first-order chi connectivity index (χ1) is 10.8. The van der Waals surface area contributed by atoms with E-state index in [1.807, 2.05) is 0 Å². The van der Waals surface area contributed by atoms with Gasteiger partial charge in [0.05, 0.1) is 6.10 Å². The zero-order valence-corrected chi connectivity index (χ0v) is 13.8. The van der Waals surface area contributed by atoms with Crippen molar-refractivity contribution in [2.24, 2.45) is 0 Å². The first kappa shape index (κ1) is 15.1. The Balaban J connectivity index is 1.62. The van der Waals surface area contributed by atoms with Gasteiger partial charge in [0.1, 0.15) is 5.75 Å². The van der Waals surface area contributed by atoms with E-state index in [2.05, 4.69) is 56.3 Å². The number of rotatable bonds is 7. The number of unbranched alkanes of at least 4 members (excludes halogenated alkanes) is 3. The molecule has 1 unspecified atom stereocenters. The standard InChI is InChI=1S/C21H26O/c1-3-4-5-6-9-16(2)22-19-12-13-21-18(15-19)14-17-10-7-8-11-20(17)21/h7-8,10-13,15-16H,3-6,9,14H2,1-2H3. The van der Waals surface area contributed by atoms with Crippen molar-refractivity contribution in [1.29, 1.82) is 0 Å². The van der Waals surface area contributed by atoms with Crippen LogP contribution >= 0.6 is 0 Å². The van der Waals surface area contributed by atoms with Gasteiger partial charge in [-0.3, -0.25) is 0 Å². The van der Waals surface area contributed by atoms with Crippen LogP contribution < -0.4 is 4.74 Å². The van der Waals surface area contributed by atoms with E-state index in [-0.39, 0.29) is 0 Å². The first-order valence-electron chi connectivity index (χ1n) is 8.66. The molecule has 0 radical (unpaired) electrons. The highest BCUT2D eigenvalue weighted by Gasteiger charge is 2.18.